The van der Waals surface area contributed by atoms with Gasteiger partial charge in [0.1, 0.15) is 0 Å². The molecule has 1 heterocycles. The first-order chi connectivity index (χ1) is 6.04. The van der Waals surface area contributed by atoms with Gasteiger partial charge in [-0.15, -0.1) is 0 Å². The fourth-order valence-electron chi connectivity index (χ4n) is 0.959. The number of carbonyl (C=O) groups is 1. The first kappa shape index (κ1) is 10.1. The predicted molar refractivity (Wildman–Crippen MR) is 44.1 cm³/mol. The molecule has 1 aromatic rings. The molecule has 5 heteroatoms. The van der Waals surface area contributed by atoms with E-state index < -0.39 is 11.7 Å². The summed E-state index contributed by atoms with van der Waals surface area (Å²) in [5.41, 5.74) is -0.0454. The molecule has 0 aliphatic heterocycles. The monoisotopic (exact) mass is 205 g/mol. The largest absolute Gasteiger partial charge is 0.276 e. The van der Waals surface area contributed by atoms with Crippen molar-refractivity contribution in [2.45, 2.75) is 13.3 Å². The topological polar surface area (TPSA) is 30.0 Å². The van der Waals surface area contributed by atoms with Crippen LogP contribution in [0.3, 0.4) is 0 Å². The number of alkyl halides is 2. The van der Waals surface area contributed by atoms with Crippen molar-refractivity contribution >= 4 is 16.8 Å². The smallest absolute Gasteiger partial charge is 0.265 e. The molecular weight excluding hydrogens is 200 g/mol. The summed E-state index contributed by atoms with van der Waals surface area (Å²) < 4.78 is 24.6. The van der Waals surface area contributed by atoms with Crippen LogP contribution < -0.4 is 0 Å². The Kier molecular flexibility index (Phi) is 2.93. The minimum atomic E-state index is -2.64. The number of aromatic nitrogens is 1. The molecule has 0 fully saturated rings. The lowest BCUT2D eigenvalue weighted by Gasteiger charge is -2.05. The van der Waals surface area contributed by atoms with Gasteiger partial charge in [-0.25, -0.2) is 8.78 Å². The number of pyridine rings is 1. The fourth-order valence-corrected chi connectivity index (χ4v) is 1.15. The van der Waals surface area contributed by atoms with E-state index in [0.717, 1.165) is 6.20 Å². The van der Waals surface area contributed by atoms with Gasteiger partial charge < -0.3 is 0 Å². The third-order valence-corrected chi connectivity index (χ3v) is 1.90. The Morgan fingerprint density at radius 2 is 2.15 bits per heavy atom. The molecule has 0 radical (unpaired) electrons. The van der Waals surface area contributed by atoms with Gasteiger partial charge in [0.2, 0.25) is 0 Å². The Labute approximate surface area is 78.5 Å². The minimum Gasteiger partial charge on any atom is -0.276 e. The van der Waals surface area contributed by atoms with E-state index in [0.29, 0.717) is 0 Å². The molecule has 0 aromatic carbocycles. The van der Waals surface area contributed by atoms with Crippen LogP contribution in [0.15, 0.2) is 12.4 Å². The molecule has 0 N–H and O–H groups in total. The van der Waals surface area contributed by atoms with Crippen molar-refractivity contribution in [3.05, 3.63) is 29.1 Å². The van der Waals surface area contributed by atoms with Crippen molar-refractivity contribution in [3.63, 3.8) is 0 Å². The summed E-state index contributed by atoms with van der Waals surface area (Å²) in [6.07, 6.45) is -0.427. The molecule has 0 saturated heterocycles. The van der Waals surface area contributed by atoms with Gasteiger partial charge in [0.15, 0.2) is 0 Å². The quantitative estimate of drug-likeness (QED) is 0.695. The first-order valence-corrected chi connectivity index (χ1v) is 3.84. The summed E-state index contributed by atoms with van der Waals surface area (Å²) in [6, 6.07) is 0. The number of hydrogen-bond donors (Lipinski definition) is 0. The van der Waals surface area contributed by atoms with Crippen molar-refractivity contribution in [1.29, 1.82) is 0 Å². The van der Waals surface area contributed by atoms with Crippen molar-refractivity contribution in [2.75, 3.05) is 0 Å². The summed E-state index contributed by atoms with van der Waals surface area (Å²) in [5.74, 6) is 0. The van der Waals surface area contributed by atoms with Gasteiger partial charge in [-0.2, -0.15) is 0 Å². The Morgan fingerprint density at radius 1 is 1.54 bits per heavy atom. The number of rotatable bonds is 2. The second kappa shape index (κ2) is 3.79. The zero-order chi connectivity index (χ0) is 10.0. The molecular formula is C8H6ClF2NO. The van der Waals surface area contributed by atoms with Gasteiger partial charge in [0.25, 0.3) is 11.7 Å². The normalized spacial score (nSPS) is 10.5. The Bertz CT molecular complexity index is 341. The lowest BCUT2D eigenvalue weighted by molar-refractivity contribution is 0.107. The molecule has 70 valence electrons. The van der Waals surface area contributed by atoms with E-state index >= 15 is 0 Å². The van der Waals surface area contributed by atoms with Crippen LogP contribution in [0.2, 0.25) is 0 Å². The molecule has 1 aromatic heterocycles. The molecule has 1 rings (SSSR count). The van der Waals surface area contributed by atoms with Gasteiger partial charge in [-0.1, -0.05) is 0 Å². The maximum absolute atomic E-state index is 12.3. The van der Waals surface area contributed by atoms with Crippen LogP contribution >= 0.6 is 11.6 Å². The van der Waals surface area contributed by atoms with Crippen LogP contribution in [0.1, 0.15) is 27.9 Å². The Morgan fingerprint density at radius 3 is 2.62 bits per heavy atom. The number of nitrogens with zero attached hydrogens (tertiary/aromatic N) is 1. The van der Waals surface area contributed by atoms with Crippen LogP contribution in [0, 0.1) is 6.92 Å². The van der Waals surface area contributed by atoms with Crippen LogP contribution in [0.4, 0.5) is 8.78 Å². The van der Waals surface area contributed by atoms with Gasteiger partial charge in [-0.05, 0) is 24.1 Å². The maximum atomic E-state index is 12.3. The molecule has 0 atom stereocenters. The summed E-state index contributed by atoms with van der Waals surface area (Å²) in [5, 5.41) is -0.771. The summed E-state index contributed by atoms with van der Waals surface area (Å²) in [4.78, 5) is 14.2. The highest BCUT2D eigenvalue weighted by Gasteiger charge is 2.16. The van der Waals surface area contributed by atoms with Crippen LogP contribution in [-0.4, -0.2) is 10.2 Å². The highest BCUT2D eigenvalue weighted by Crippen LogP contribution is 2.24. The second-order valence-corrected chi connectivity index (χ2v) is 2.82. The van der Waals surface area contributed by atoms with Crippen molar-refractivity contribution in [1.82, 2.24) is 4.98 Å². The van der Waals surface area contributed by atoms with Crippen LogP contribution in [-0.2, 0) is 0 Å². The summed E-state index contributed by atoms with van der Waals surface area (Å²) in [6.45, 7) is 1.42. The standard InChI is InChI=1S/C8H6ClF2NO/c1-4-5(7(9)13)2-12-3-6(4)8(10)11/h2-3,8H,1H3. The summed E-state index contributed by atoms with van der Waals surface area (Å²) in [7, 11) is 0. The van der Waals surface area contributed by atoms with Gasteiger partial charge >= 0.3 is 0 Å². The highest BCUT2D eigenvalue weighted by molar-refractivity contribution is 6.67. The van der Waals surface area contributed by atoms with E-state index in [1.54, 1.807) is 0 Å². The molecule has 0 aliphatic rings. The van der Waals surface area contributed by atoms with E-state index in [4.69, 9.17) is 11.6 Å². The third kappa shape index (κ3) is 2.01. The van der Waals surface area contributed by atoms with Crippen molar-refractivity contribution in [3.8, 4) is 0 Å². The van der Waals surface area contributed by atoms with Crippen LogP contribution in [0.25, 0.3) is 0 Å². The maximum Gasteiger partial charge on any atom is 0.265 e. The SMILES string of the molecule is Cc1c(C(=O)Cl)cncc1C(F)F. The lowest BCUT2D eigenvalue weighted by atomic mass is 10.1. The molecule has 0 saturated carbocycles. The molecule has 0 amide bonds. The molecule has 2 nitrogen and oxygen atoms in total. The van der Waals surface area contributed by atoms with Crippen molar-refractivity contribution < 1.29 is 13.6 Å². The first-order valence-electron chi connectivity index (χ1n) is 3.46. The third-order valence-electron chi connectivity index (χ3n) is 1.70. The molecule has 0 unspecified atom stereocenters. The number of halogens is 3. The second-order valence-electron chi connectivity index (χ2n) is 2.48. The van der Waals surface area contributed by atoms with Crippen LogP contribution in [0.5, 0.6) is 0 Å². The van der Waals surface area contributed by atoms with Gasteiger partial charge in [0, 0.05) is 18.0 Å². The van der Waals surface area contributed by atoms with E-state index in [-0.39, 0.29) is 16.7 Å². The Hall–Kier alpha value is -1.03. The fraction of sp³-hybridized carbons (Fsp3) is 0.250. The zero-order valence-corrected chi connectivity index (χ0v) is 7.48. The number of carbonyl (C=O) groups excluding carboxylic acids is 1. The van der Waals surface area contributed by atoms with E-state index in [2.05, 4.69) is 4.98 Å². The average molecular weight is 206 g/mol. The van der Waals surface area contributed by atoms with Gasteiger partial charge in [-0.3, -0.25) is 9.78 Å². The van der Waals surface area contributed by atoms with E-state index in [9.17, 15) is 13.6 Å². The predicted octanol–water partition coefficient (Wildman–Crippen LogP) is 2.71. The molecule has 0 spiro atoms. The van der Waals surface area contributed by atoms with E-state index in [1.807, 2.05) is 0 Å². The lowest BCUT2D eigenvalue weighted by Crippen LogP contribution is -2.00. The highest BCUT2D eigenvalue weighted by atomic mass is 35.5. The Balaban J connectivity index is 3.26. The van der Waals surface area contributed by atoms with Gasteiger partial charge in [0.05, 0.1) is 5.56 Å². The molecule has 0 bridgehead atoms. The van der Waals surface area contributed by atoms with E-state index in [1.165, 1.54) is 13.1 Å². The molecule has 13 heavy (non-hydrogen) atoms. The minimum absolute atomic E-state index is 0.0273. The average Bonchev–Trinajstić information content (AvgIpc) is 2.03. The zero-order valence-electron chi connectivity index (χ0n) is 6.72. The molecule has 0 aliphatic carbocycles. The number of hydrogen-bond acceptors (Lipinski definition) is 2. The summed E-state index contributed by atoms with van der Waals surface area (Å²) >= 11 is 5.16. The van der Waals surface area contributed by atoms with Crippen molar-refractivity contribution in [2.24, 2.45) is 0 Å².